The third kappa shape index (κ3) is 2.58. The monoisotopic (exact) mass is 256 g/mol. The van der Waals surface area contributed by atoms with E-state index in [0.29, 0.717) is 11.3 Å². The van der Waals surface area contributed by atoms with E-state index >= 15 is 0 Å². The van der Waals surface area contributed by atoms with Crippen molar-refractivity contribution >= 4 is 17.4 Å². The second kappa shape index (κ2) is 5.48. The zero-order valence-electron chi connectivity index (χ0n) is 9.88. The van der Waals surface area contributed by atoms with Gasteiger partial charge in [-0.15, -0.1) is 0 Å². The number of nitrogens with two attached hydrogens (primary N) is 1. The fourth-order valence-corrected chi connectivity index (χ4v) is 2.39. The lowest BCUT2D eigenvalue weighted by Gasteiger charge is -2.07. The molecule has 2 rings (SSSR count). The minimum absolute atomic E-state index is 0.508. The summed E-state index contributed by atoms with van der Waals surface area (Å²) in [6.45, 7) is 0. The van der Waals surface area contributed by atoms with Gasteiger partial charge in [0.15, 0.2) is 0 Å². The van der Waals surface area contributed by atoms with Crippen LogP contribution in [0.15, 0.2) is 52.3 Å². The van der Waals surface area contributed by atoms with Crippen LogP contribution in [0.1, 0.15) is 5.56 Å². The fraction of sp³-hybridized carbons (Fsp3) is 0.0714. The van der Waals surface area contributed by atoms with Crippen molar-refractivity contribution in [2.75, 3.05) is 12.8 Å². The van der Waals surface area contributed by atoms with Gasteiger partial charge in [0, 0.05) is 9.79 Å². The third-order valence-electron chi connectivity index (χ3n) is 2.47. The van der Waals surface area contributed by atoms with E-state index in [4.69, 9.17) is 15.7 Å². The van der Waals surface area contributed by atoms with Gasteiger partial charge in [0.05, 0.1) is 18.4 Å². The summed E-state index contributed by atoms with van der Waals surface area (Å²) in [7, 11) is 1.64. The van der Waals surface area contributed by atoms with Crippen molar-refractivity contribution in [3.8, 4) is 11.8 Å². The molecule has 2 N–H and O–H groups in total. The maximum absolute atomic E-state index is 8.92. The lowest BCUT2D eigenvalue weighted by Crippen LogP contribution is -1.92. The van der Waals surface area contributed by atoms with Crippen LogP contribution in [0.5, 0.6) is 5.75 Å². The van der Waals surface area contributed by atoms with Gasteiger partial charge in [-0.1, -0.05) is 17.8 Å². The van der Waals surface area contributed by atoms with E-state index in [1.54, 1.807) is 13.2 Å². The van der Waals surface area contributed by atoms with Gasteiger partial charge in [-0.05, 0) is 36.4 Å². The second-order valence-electron chi connectivity index (χ2n) is 3.61. The van der Waals surface area contributed by atoms with E-state index in [2.05, 4.69) is 6.07 Å². The first-order chi connectivity index (χ1) is 8.74. The van der Waals surface area contributed by atoms with Crippen LogP contribution >= 0.6 is 11.8 Å². The number of benzene rings is 2. The molecule has 18 heavy (non-hydrogen) atoms. The molecule has 0 unspecified atom stereocenters. The molecule has 0 radical (unpaired) electrons. The summed E-state index contributed by atoms with van der Waals surface area (Å²) in [5, 5.41) is 8.92. The van der Waals surface area contributed by atoms with Gasteiger partial charge < -0.3 is 10.5 Å². The number of ether oxygens (including phenoxy) is 1. The van der Waals surface area contributed by atoms with Crippen molar-refractivity contribution in [1.29, 1.82) is 5.26 Å². The molecule has 0 aliphatic carbocycles. The van der Waals surface area contributed by atoms with Gasteiger partial charge in [0.2, 0.25) is 0 Å². The molecule has 0 saturated heterocycles. The Morgan fingerprint density at radius 1 is 1.17 bits per heavy atom. The van der Waals surface area contributed by atoms with Gasteiger partial charge in [-0.25, -0.2) is 0 Å². The minimum Gasteiger partial charge on any atom is -0.497 e. The first-order valence-corrected chi connectivity index (χ1v) is 6.16. The van der Waals surface area contributed by atoms with Crippen molar-refractivity contribution in [1.82, 2.24) is 0 Å². The number of para-hydroxylation sites is 1. The fourth-order valence-electron chi connectivity index (χ4n) is 1.50. The average Bonchev–Trinajstić information content (AvgIpc) is 2.42. The SMILES string of the molecule is COc1ccc(Sc2cccc(C#N)c2N)cc1. The van der Waals surface area contributed by atoms with Crippen molar-refractivity contribution < 1.29 is 4.74 Å². The van der Waals surface area contributed by atoms with Gasteiger partial charge in [0.1, 0.15) is 11.8 Å². The summed E-state index contributed by atoms with van der Waals surface area (Å²) < 4.78 is 5.10. The highest BCUT2D eigenvalue weighted by atomic mass is 32.2. The summed E-state index contributed by atoms with van der Waals surface area (Å²) in [4.78, 5) is 1.94. The summed E-state index contributed by atoms with van der Waals surface area (Å²) in [5.74, 6) is 0.818. The molecule has 0 spiro atoms. The molecule has 90 valence electrons. The van der Waals surface area contributed by atoms with Crippen LogP contribution in [0, 0.1) is 11.3 Å². The molecule has 0 aliphatic rings. The van der Waals surface area contributed by atoms with Gasteiger partial charge in [-0.2, -0.15) is 5.26 Å². The van der Waals surface area contributed by atoms with Crippen molar-refractivity contribution in [3.05, 3.63) is 48.0 Å². The largest absolute Gasteiger partial charge is 0.497 e. The lowest BCUT2D eigenvalue weighted by atomic mass is 10.2. The number of nitriles is 1. The molecule has 2 aromatic rings. The zero-order valence-corrected chi connectivity index (χ0v) is 10.7. The average molecular weight is 256 g/mol. The number of nitrogens with zero attached hydrogens (tertiary/aromatic N) is 1. The Balaban J connectivity index is 2.26. The van der Waals surface area contributed by atoms with Gasteiger partial charge >= 0.3 is 0 Å². The van der Waals surface area contributed by atoms with Crippen LogP contribution in [0.4, 0.5) is 5.69 Å². The Morgan fingerprint density at radius 3 is 2.50 bits per heavy atom. The van der Waals surface area contributed by atoms with Crippen molar-refractivity contribution in [2.45, 2.75) is 9.79 Å². The topological polar surface area (TPSA) is 59.0 Å². The second-order valence-corrected chi connectivity index (χ2v) is 4.72. The highest BCUT2D eigenvalue weighted by Gasteiger charge is 2.06. The van der Waals surface area contributed by atoms with E-state index < -0.39 is 0 Å². The standard InChI is InChI=1S/C14H12N2OS/c1-17-11-5-7-12(8-6-11)18-13-4-2-3-10(9-15)14(13)16/h2-8H,16H2,1H3. The first kappa shape index (κ1) is 12.3. The van der Waals surface area contributed by atoms with E-state index in [0.717, 1.165) is 15.5 Å². The summed E-state index contributed by atoms with van der Waals surface area (Å²) in [5.41, 5.74) is 6.97. The number of rotatable bonds is 3. The molecular formula is C14H12N2OS. The van der Waals surface area contributed by atoms with Crippen molar-refractivity contribution in [3.63, 3.8) is 0 Å². The van der Waals surface area contributed by atoms with Gasteiger partial charge in [-0.3, -0.25) is 0 Å². The smallest absolute Gasteiger partial charge is 0.118 e. The molecule has 2 aromatic carbocycles. The van der Waals surface area contributed by atoms with Crippen LogP contribution < -0.4 is 10.5 Å². The molecule has 0 saturated carbocycles. The predicted molar refractivity (Wildman–Crippen MR) is 72.7 cm³/mol. The number of nitrogen functional groups attached to an aromatic ring is 1. The summed E-state index contributed by atoms with van der Waals surface area (Å²) >= 11 is 1.53. The highest BCUT2D eigenvalue weighted by Crippen LogP contribution is 2.34. The van der Waals surface area contributed by atoms with Crippen LogP contribution in [0.25, 0.3) is 0 Å². The third-order valence-corrected chi connectivity index (χ3v) is 3.56. The molecule has 4 heteroatoms. The molecular weight excluding hydrogens is 244 g/mol. The summed E-state index contributed by atoms with van der Waals surface area (Å²) in [6.07, 6.45) is 0. The molecule has 3 nitrogen and oxygen atoms in total. The normalized spacial score (nSPS) is 9.78. The zero-order chi connectivity index (χ0) is 13.0. The first-order valence-electron chi connectivity index (χ1n) is 5.35. The maximum atomic E-state index is 8.92. The number of anilines is 1. The van der Waals surface area contributed by atoms with E-state index in [9.17, 15) is 0 Å². The Kier molecular flexibility index (Phi) is 3.75. The Bertz CT molecular complexity index is 588. The van der Waals surface area contributed by atoms with E-state index in [-0.39, 0.29) is 0 Å². The Labute approximate surface area is 110 Å². The predicted octanol–water partition coefficient (Wildman–Crippen LogP) is 3.30. The van der Waals surface area contributed by atoms with Crippen LogP contribution in [0.3, 0.4) is 0 Å². The lowest BCUT2D eigenvalue weighted by molar-refractivity contribution is 0.414. The van der Waals surface area contributed by atoms with E-state index in [1.807, 2.05) is 36.4 Å². The number of hydrogen-bond donors (Lipinski definition) is 1. The molecule has 0 heterocycles. The molecule has 0 amide bonds. The maximum Gasteiger partial charge on any atom is 0.118 e. The highest BCUT2D eigenvalue weighted by molar-refractivity contribution is 7.99. The van der Waals surface area contributed by atoms with Crippen molar-refractivity contribution in [2.24, 2.45) is 0 Å². The Hall–Kier alpha value is -2.12. The molecule has 0 bridgehead atoms. The number of methoxy groups -OCH3 is 1. The molecule has 0 fully saturated rings. The Morgan fingerprint density at radius 2 is 1.89 bits per heavy atom. The van der Waals surface area contributed by atoms with Crippen LogP contribution in [-0.2, 0) is 0 Å². The van der Waals surface area contributed by atoms with E-state index in [1.165, 1.54) is 11.8 Å². The minimum atomic E-state index is 0.508. The number of hydrogen-bond acceptors (Lipinski definition) is 4. The summed E-state index contributed by atoms with van der Waals surface area (Å²) in [6, 6.07) is 15.3. The van der Waals surface area contributed by atoms with Crippen LogP contribution in [0.2, 0.25) is 0 Å². The van der Waals surface area contributed by atoms with Gasteiger partial charge in [0.25, 0.3) is 0 Å². The molecule has 0 aliphatic heterocycles. The molecule has 0 atom stereocenters. The van der Waals surface area contributed by atoms with Crippen LogP contribution in [-0.4, -0.2) is 7.11 Å². The molecule has 0 aromatic heterocycles. The quantitative estimate of drug-likeness (QED) is 0.856.